The highest BCUT2D eigenvalue weighted by molar-refractivity contribution is 9.10. The molecule has 2 nitrogen and oxygen atoms in total. The van der Waals surface area contributed by atoms with E-state index in [0.717, 1.165) is 15.0 Å². The van der Waals surface area contributed by atoms with E-state index in [1.807, 2.05) is 25.1 Å². The second-order valence-electron chi connectivity index (χ2n) is 3.75. The molecule has 1 heterocycles. The van der Waals surface area contributed by atoms with E-state index < -0.39 is 6.10 Å². The predicted octanol–water partition coefficient (Wildman–Crippen LogP) is 3.60. The maximum absolute atomic E-state index is 10.2. The minimum absolute atomic E-state index is 0.596. The molecule has 1 N–H and O–H groups in total. The summed E-state index contributed by atoms with van der Waals surface area (Å²) in [6.07, 6.45) is -0.596. The van der Waals surface area contributed by atoms with E-state index in [4.69, 9.17) is 0 Å². The Hall–Kier alpha value is -0.710. The van der Waals surface area contributed by atoms with Crippen LogP contribution in [0.15, 0.2) is 28.3 Å². The predicted molar refractivity (Wildman–Crippen MR) is 69.8 cm³/mol. The van der Waals surface area contributed by atoms with Gasteiger partial charge in [0.1, 0.15) is 10.7 Å². The molecular weight excluding hydrogens is 286 g/mol. The van der Waals surface area contributed by atoms with Crippen LogP contribution in [0.5, 0.6) is 0 Å². The molecule has 0 amide bonds. The maximum Gasteiger partial charge on any atom is 0.123 e. The van der Waals surface area contributed by atoms with E-state index in [9.17, 15) is 5.11 Å². The monoisotopic (exact) mass is 297 g/mol. The maximum atomic E-state index is 10.2. The number of nitrogens with zero attached hydrogens (tertiary/aromatic N) is 1. The van der Waals surface area contributed by atoms with E-state index in [1.54, 1.807) is 5.51 Å². The summed E-state index contributed by atoms with van der Waals surface area (Å²) in [7, 11) is 0. The molecule has 1 unspecified atom stereocenters. The fraction of sp³-hybridized carbons (Fsp3) is 0.250. The molecular formula is C12H12BrNOS. The third kappa shape index (κ3) is 2.19. The lowest BCUT2D eigenvalue weighted by molar-refractivity contribution is 0.223. The molecule has 0 radical (unpaired) electrons. The van der Waals surface area contributed by atoms with Crippen LogP contribution in [0.25, 0.3) is 0 Å². The Morgan fingerprint density at radius 1 is 1.31 bits per heavy atom. The zero-order chi connectivity index (χ0) is 11.7. The summed E-state index contributed by atoms with van der Waals surface area (Å²) in [4.78, 5) is 4.93. The van der Waals surface area contributed by atoms with Crippen molar-refractivity contribution in [2.45, 2.75) is 20.0 Å². The molecule has 1 atom stereocenters. The van der Waals surface area contributed by atoms with Crippen molar-refractivity contribution in [1.82, 2.24) is 4.98 Å². The van der Waals surface area contributed by atoms with Crippen LogP contribution < -0.4 is 0 Å². The summed E-state index contributed by atoms with van der Waals surface area (Å²) in [5.41, 5.74) is 5.06. The van der Waals surface area contributed by atoms with E-state index in [0.29, 0.717) is 0 Å². The van der Waals surface area contributed by atoms with Crippen LogP contribution >= 0.6 is 27.3 Å². The van der Waals surface area contributed by atoms with Gasteiger partial charge in [-0.05, 0) is 46.5 Å². The first-order valence-electron chi connectivity index (χ1n) is 4.93. The molecule has 1 aromatic heterocycles. The van der Waals surface area contributed by atoms with Gasteiger partial charge in [-0.3, -0.25) is 0 Å². The lowest BCUT2D eigenvalue weighted by Gasteiger charge is -2.11. The number of aryl methyl sites for hydroxylation is 2. The first-order valence-corrected chi connectivity index (χ1v) is 6.61. The second kappa shape index (κ2) is 4.65. The number of hydrogen-bond donors (Lipinski definition) is 1. The summed E-state index contributed by atoms with van der Waals surface area (Å²) < 4.78 is 0.725. The average molecular weight is 298 g/mol. The van der Waals surface area contributed by atoms with E-state index >= 15 is 0 Å². The first kappa shape index (κ1) is 11.8. The number of benzene rings is 1. The molecule has 84 valence electrons. The standard InChI is InChI=1S/C12H12BrNOS/c1-7-3-4-9(5-8(7)2)10(15)11-12(13)14-6-16-11/h3-6,10,15H,1-2H3. The first-order chi connectivity index (χ1) is 7.59. The van der Waals surface area contributed by atoms with Crippen molar-refractivity contribution in [3.8, 4) is 0 Å². The molecule has 0 spiro atoms. The number of aromatic nitrogens is 1. The van der Waals surface area contributed by atoms with Gasteiger partial charge in [0.05, 0.1) is 10.4 Å². The van der Waals surface area contributed by atoms with Crippen molar-refractivity contribution in [1.29, 1.82) is 0 Å². The molecule has 0 aliphatic carbocycles. The molecule has 2 rings (SSSR count). The van der Waals surface area contributed by atoms with Crippen molar-refractivity contribution in [3.63, 3.8) is 0 Å². The van der Waals surface area contributed by atoms with Crippen molar-refractivity contribution in [2.24, 2.45) is 0 Å². The van der Waals surface area contributed by atoms with Gasteiger partial charge in [0, 0.05) is 0 Å². The zero-order valence-electron chi connectivity index (χ0n) is 9.07. The third-order valence-corrected chi connectivity index (χ3v) is 4.42. The molecule has 0 bridgehead atoms. The van der Waals surface area contributed by atoms with Crippen LogP contribution in [0.4, 0.5) is 0 Å². The van der Waals surface area contributed by atoms with Gasteiger partial charge in [-0.15, -0.1) is 11.3 Å². The van der Waals surface area contributed by atoms with Gasteiger partial charge in [0.25, 0.3) is 0 Å². The van der Waals surface area contributed by atoms with Gasteiger partial charge < -0.3 is 5.11 Å². The summed E-state index contributed by atoms with van der Waals surface area (Å²) in [5, 5.41) is 10.2. The minimum atomic E-state index is -0.596. The summed E-state index contributed by atoms with van der Waals surface area (Å²) >= 11 is 4.79. The van der Waals surface area contributed by atoms with Crippen LogP contribution in [-0.4, -0.2) is 10.1 Å². The van der Waals surface area contributed by atoms with Crippen LogP contribution in [0, 0.1) is 13.8 Å². The smallest absolute Gasteiger partial charge is 0.123 e. The van der Waals surface area contributed by atoms with E-state index in [1.165, 1.54) is 22.5 Å². The molecule has 0 fully saturated rings. The van der Waals surface area contributed by atoms with Crippen molar-refractivity contribution in [2.75, 3.05) is 0 Å². The molecule has 0 aliphatic rings. The fourth-order valence-electron chi connectivity index (χ4n) is 1.50. The van der Waals surface area contributed by atoms with Crippen LogP contribution in [0.2, 0.25) is 0 Å². The number of hydrogen-bond acceptors (Lipinski definition) is 3. The van der Waals surface area contributed by atoms with Crippen LogP contribution in [0.3, 0.4) is 0 Å². The van der Waals surface area contributed by atoms with Crippen molar-refractivity contribution < 1.29 is 5.11 Å². The van der Waals surface area contributed by atoms with Crippen LogP contribution in [0.1, 0.15) is 27.7 Å². The van der Waals surface area contributed by atoms with Gasteiger partial charge >= 0.3 is 0 Å². The minimum Gasteiger partial charge on any atom is -0.383 e. The molecule has 4 heteroatoms. The summed E-state index contributed by atoms with van der Waals surface area (Å²) in [6, 6.07) is 6.01. The number of thiazole rings is 1. The largest absolute Gasteiger partial charge is 0.383 e. The topological polar surface area (TPSA) is 33.1 Å². The van der Waals surface area contributed by atoms with Gasteiger partial charge in [-0.1, -0.05) is 18.2 Å². The number of halogens is 1. The Balaban J connectivity index is 2.38. The number of aliphatic hydroxyl groups is 1. The van der Waals surface area contributed by atoms with Crippen LogP contribution in [-0.2, 0) is 0 Å². The Labute approximate surface area is 107 Å². The number of rotatable bonds is 2. The zero-order valence-corrected chi connectivity index (χ0v) is 11.5. The highest BCUT2D eigenvalue weighted by Gasteiger charge is 2.16. The molecule has 0 saturated heterocycles. The van der Waals surface area contributed by atoms with E-state index in [2.05, 4.69) is 27.8 Å². The normalized spacial score (nSPS) is 12.8. The van der Waals surface area contributed by atoms with Gasteiger partial charge in [0.2, 0.25) is 0 Å². The Morgan fingerprint density at radius 2 is 2.06 bits per heavy atom. The Kier molecular flexibility index (Phi) is 3.42. The highest BCUT2D eigenvalue weighted by Crippen LogP contribution is 2.31. The summed E-state index contributed by atoms with van der Waals surface area (Å²) in [6.45, 7) is 4.11. The van der Waals surface area contributed by atoms with Gasteiger partial charge in [0.15, 0.2) is 0 Å². The SMILES string of the molecule is Cc1ccc(C(O)c2scnc2Br)cc1C. The lowest BCUT2D eigenvalue weighted by Crippen LogP contribution is -1.99. The van der Waals surface area contributed by atoms with Crippen molar-refractivity contribution >= 4 is 27.3 Å². The second-order valence-corrected chi connectivity index (χ2v) is 5.39. The molecule has 16 heavy (non-hydrogen) atoms. The summed E-state index contributed by atoms with van der Waals surface area (Å²) in [5.74, 6) is 0. The fourth-order valence-corrected chi connectivity index (χ4v) is 2.93. The number of aliphatic hydroxyl groups excluding tert-OH is 1. The van der Waals surface area contributed by atoms with Gasteiger partial charge in [-0.2, -0.15) is 0 Å². The molecule has 2 aromatic rings. The quantitative estimate of drug-likeness (QED) is 0.919. The average Bonchev–Trinajstić information content (AvgIpc) is 2.67. The van der Waals surface area contributed by atoms with Gasteiger partial charge in [-0.25, -0.2) is 4.98 Å². The Morgan fingerprint density at radius 3 is 2.62 bits per heavy atom. The van der Waals surface area contributed by atoms with Crippen molar-refractivity contribution in [3.05, 3.63) is 49.9 Å². The Bertz CT molecular complexity index is 509. The molecule has 1 aromatic carbocycles. The highest BCUT2D eigenvalue weighted by atomic mass is 79.9. The molecule has 0 aliphatic heterocycles. The molecule has 0 saturated carbocycles. The van der Waals surface area contributed by atoms with E-state index in [-0.39, 0.29) is 0 Å². The third-order valence-electron chi connectivity index (χ3n) is 2.64. The lowest BCUT2D eigenvalue weighted by atomic mass is 10.0.